The molecule has 2 heteroatoms. The summed E-state index contributed by atoms with van der Waals surface area (Å²) in [5, 5.41) is 0. The van der Waals surface area contributed by atoms with Gasteiger partial charge in [0, 0.05) is 6.92 Å². The molecule has 78 valence electrons. The van der Waals surface area contributed by atoms with E-state index in [9.17, 15) is 4.79 Å². The molecule has 0 saturated heterocycles. The van der Waals surface area contributed by atoms with Crippen molar-refractivity contribution in [2.45, 2.75) is 33.3 Å². The van der Waals surface area contributed by atoms with E-state index in [1.165, 1.54) is 6.92 Å². The second kappa shape index (κ2) is 5.43. The highest BCUT2D eigenvalue weighted by atomic mass is 16.6. The third-order valence-electron chi connectivity index (χ3n) is 1.59. The molecule has 0 N–H and O–H groups in total. The maximum atomic E-state index is 10.7. The number of rotatable bonds is 4. The number of carbonyl (C=O) groups is 1. The second-order valence-electron chi connectivity index (χ2n) is 3.67. The largest absolute Gasteiger partial charge is 0.456 e. The van der Waals surface area contributed by atoms with Crippen molar-refractivity contribution in [3.8, 4) is 0 Å². The molecule has 0 spiro atoms. The van der Waals surface area contributed by atoms with E-state index in [-0.39, 0.29) is 5.97 Å². The SMILES string of the molecule is C=C/C(C)=C/C=C/C(C)(C)OC(C)=O. The van der Waals surface area contributed by atoms with Crippen LogP contribution in [0.5, 0.6) is 0 Å². The Morgan fingerprint density at radius 3 is 2.36 bits per heavy atom. The molecule has 0 rings (SSSR count). The first kappa shape index (κ1) is 12.7. The van der Waals surface area contributed by atoms with Gasteiger partial charge in [-0.2, -0.15) is 0 Å². The van der Waals surface area contributed by atoms with E-state index >= 15 is 0 Å². The number of esters is 1. The molecule has 0 aromatic heterocycles. The Balaban J connectivity index is 4.34. The molecule has 0 radical (unpaired) electrons. The van der Waals surface area contributed by atoms with Gasteiger partial charge in [0.25, 0.3) is 0 Å². The molecule has 0 aromatic carbocycles. The molecular formula is C12H18O2. The van der Waals surface area contributed by atoms with Gasteiger partial charge in [0.05, 0.1) is 0 Å². The van der Waals surface area contributed by atoms with Gasteiger partial charge in [-0.15, -0.1) is 0 Å². The summed E-state index contributed by atoms with van der Waals surface area (Å²) in [5.74, 6) is -0.274. The van der Waals surface area contributed by atoms with Crippen molar-refractivity contribution in [2.75, 3.05) is 0 Å². The minimum absolute atomic E-state index is 0.274. The Morgan fingerprint density at radius 1 is 1.36 bits per heavy atom. The minimum Gasteiger partial charge on any atom is -0.456 e. The van der Waals surface area contributed by atoms with Crippen molar-refractivity contribution in [1.29, 1.82) is 0 Å². The van der Waals surface area contributed by atoms with Crippen LogP contribution in [-0.4, -0.2) is 11.6 Å². The zero-order chi connectivity index (χ0) is 11.2. The fourth-order valence-electron chi connectivity index (χ4n) is 0.904. The summed E-state index contributed by atoms with van der Waals surface area (Å²) < 4.78 is 5.07. The fraction of sp³-hybridized carbons (Fsp3) is 0.417. The van der Waals surface area contributed by atoms with Crippen LogP contribution in [0.15, 0.2) is 36.5 Å². The monoisotopic (exact) mass is 194 g/mol. The van der Waals surface area contributed by atoms with E-state index in [0.717, 1.165) is 5.57 Å². The van der Waals surface area contributed by atoms with Crippen LogP contribution in [0.1, 0.15) is 27.7 Å². The summed E-state index contributed by atoms with van der Waals surface area (Å²) in [5.41, 5.74) is 0.518. The Bertz CT molecular complexity index is 270. The average molecular weight is 194 g/mol. The van der Waals surface area contributed by atoms with E-state index in [1.807, 2.05) is 39.0 Å². The van der Waals surface area contributed by atoms with Gasteiger partial charge < -0.3 is 4.74 Å². The van der Waals surface area contributed by atoms with Crippen molar-refractivity contribution in [2.24, 2.45) is 0 Å². The summed E-state index contributed by atoms with van der Waals surface area (Å²) in [6.07, 6.45) is 7.38. The van der Waals surface area contributed by atoms with E-state index in [1.54, 1.807) is 6.08 Å². The average Bonchev–Trinajstić information content (AvgIpc) is 2.01. The predicted molar refractivity (Wildman–Crippen MR) is 58.9 cm³/mol. The molecule has 0 atom stereocenters. The van der Waals surface area contributed by atoms with Crippen molar-refractivity contribution in [3.05, 3.63) is 36.5 Å². The summed E-state index contributed by atoms with van der Waals surface area (Å²) in [4.78, 5) is 10.7. The Kier molecular flexibility index (Phi) is 4.92. The van der Waals surface area contributed by atoms with Crippen LogP contribution >= 0.6 is 0 Å². The Labute approximate surface area is 86.0 Å². The maximum absolute atomic E-state index is 10.7. The van der Waals surface area contributed by atoms with Gasteiger partial charge in [0.15, 0.2) is 0 Å². The van der Waals surface area contributed by atoms with Crippen LogP contribution in [-0.2, 0) is 9.53 Å². The van der Waals surface area contributed by atoms with Crippen LogP contribution in [0, 0.1) is 0 Å². The molecule has 0 fully saturated rings. The first-order valence-corrected chi connectivity index (χ1v) is 4.55. The highest BCUT2D eigenvalue weighted by Gasteiger charge is 2.15. The zero-order valence-corrected chi connectivity index (χ0v) is 9.33. The second-order valence-corrected chi connectivity index (χ2v) is 3.67. The van der Waals surface area contributed by atoms with Crippen molar-refractivity contribution in [1.82, 2.24) is 0 Å². The van der Waals surface area contributed by atoms with Gasteiger partial charge in [0.2, 0.25) is 0 Å². The summed E-state index contributed by atoms with van der Waals surface area (Å²) in [7, 11) is 0. The molecule has 14 heavy (non-hydrogen) atoms. The van der Waals surface area contributed by atoms with Crippen LogP contribution in [0.3, 0.4) is 0 Å². The number of ether oxygens (including phenoxy) is 1. The lowest BCUT2D eigenvalue weighted by Gasteiger charge is -2.19. The molecule has 0 saturated carbocycles. The maximum Gasteiger partial charge on any atom is 0.303 e. The third-order valence-corrected chi connectivity index (χ3v) is 1.59. The van der Waals surface area contributed by atoms with Crippen LogP contribution in [0.25, 0.3) is 0 Å². The normalized spacial score (nSPS) is 13.0. The molecule has 0 bridgehead atoms. The molecule has 0 unspecified atom stereocenters. The van der Waals surface area contributed by atoms with Gasteiger partial charge in [-0.1, -0.05) is 30.4 Å². The number of hydrogen-bond acceptors (Lipinski definition) is 2. The summed E-state index contributed by atoms with van der Waals surface area (Å²) in [6.45, 7) is 10.7. The van der Waals surface area contributed by atoms with E-state index in [4.69, 9.17) is 4.74 Å². The molecular weight excluding hydrogens is 176 g/mol. The van der Waals surface area contributed by atoms with Crippen LogP contribution in [0.4, 0.5) is 0 Å². The van der Waals surface area contributed by atoms with Crippen LogP contribution < -0.4 is 0 Å². The lowest BCUT2D eigenvalue weighted by molar-refractivity contribution is -0.149. The molecule has 0 aliphatic rings. The van der Waals surface area contributed by atoms with E-state index < -0.39 is 5.60 Å². The molecule has 0 aliphatic carbocycles. The highest BCUT2D eigenvalue weighted by Crippen LogP contribution is 2.11. The number of allylic oxidation sites excluding steroid dienone is 4. The predicted octanol–water partition coefficient (Wildman–Crippen LogP) is 3.02. The fourth-order valence-corrected chi connectivity index (χ4v) is 0.904. The van der Waals surface area contributed by atoms with Crippen molar-refractivity contribution < 1.29 is 9.53 Å². The first-order valence-electron chi connectivity index (χ1n) is 4.55. The Hall–Kier alpha value is -1.31. The standard InChI is InChI=1S/C12H18O2/c1-6-10(2)8-7-9-12(4,5)14-11(3)13/h6-9H,1H2,2-5H3/b9-7+,10-8+. The van der Waals surface area contributed by atoms with E-state index in [2.05, 4.69) is 6.58 Å². The molecule has 0 aromatic rings. The Morgan fingerprint density at radius 2 is 1.93 bits per heavy atom. The minimum atomic E-state index is -0.552. The molecule has 0 heterocycles. The molecule has 0 aliphatic heterocycles. The van der Waals surface area contributed by atoms with Crippen LogP contribution in [0.2, 0.25) is 0 Å². The summed E-state index contributed by atoms with van der Waals surface area (Å²) >= 11 is 0. The zero-order valence-electron chi connectivity index (χ0n) is 9.33. The van der Waals surface area contributed by atoms with E-state index in [0.29, 0.717) is 0 Å². The first-order chi connectivity index (χ1) is 6.37. The van der Waals surface area contributed by atoms with Crippen molar-refractivity contribution in [3.63, 3.8) is 0 Å². The van der Waals surface area contributed by atoms with Gasteiger partial charge >= 0.3 is 5.97 Å². The van der Waals surface area contributed by atoms with Crippen molar-refractivity contribution >= 4 is 5.97 Å². The molecule has 0 amide bonds. The van der Waals surface area contributed by atoms with Gasteiger partial charge in [-0.3, -0.25) is 4.79 Å². The lowest BCUT2D eigenvalue weighted by atomic mass is 10.1. The number of hydrogen-bond donors (Lipinski definition) is 0. The van der Waals surface area contributed by atoms with Gasteiger partial charge in [-0.25, -0.2) is 0 Å². The number of carbonyl (C=O) groups excluding carboxylic acids is 1. The molecule has 2 nitrogen and oxygen atoms in total. The summed E-state index contributed by atoms with van der Waals surface area (Å²) in [6, 6.07) is 0. The third kappa shape index (κ3) is 6.23. The lowest BCUT2D eigenvalue weighted by Crippen LogP contribution is -2.23. The smallest absolute Gasteiger partial charge is 0.303 e. The topological polar surface area (TPSA) is 26.3 Å². The van der Waals surface area contributed by atoms with Gasteiger partial charge in [-0.05, 0) is 26.8 Å². The highest BCUT2D eigenvalue weighted by molar-refractivity contribution is 5.66. The quantitative estimate of drug-likeness (QED) is 0.508. The van der Waals surface area contributed by atoms with Gasteiger partial charge in [0.1, 0.15) is 5.60 Å².